The molecule has 110 valence electrons. The highest BCUT2D eigenvalue weighted by molar-refractivity contribution is 6.03. The monoisotopic (exact) mass is 293 g/mol. The van der Waals surface area contributed by atoms with Crippen molar-refractivity contribution in [3.05, 3.63) is 65.9 Å². The zero-order chi connectivity index (χ0) is 15.5. The van der Waals surface area contributed by atoms with Gasteiger partial charge in [0.05, 0.1) is 0 Å². The lowest BCUT2D eigenvalue weighted by molar-refractivity contribution is 0.102. The molecule has 0 fully saturated rings. The number of hydrogen-bond acceptors (Lipinski definition) is 4. The quantitative estimate of drug-likeness (QED) is 0.805. The van der Waals surface area contributed by atoms with Crippen molar-refractivity contribution in [2.45, 2.75) is 13.8 Å². The first kappa shape index (κ1) is 13.9. The van der Waals surface area contributed by atoms with Gasteiger partial charge < -0.3 is 5.32 Å². The highest BCUT2D eigenvalue weighted by Gasteiger charge is 2.10. The van der Waals surface area contributed by atoms with Crippen LogP contribution in [0.1, 0.15) is 21.9 Å². The number of imidazole rings is 1. The summed E-state index contributed by atoms with van der Waals surface area (Å²) in [6.45, 7) is 3.81. The van der Waals surface area contributed by atoms with E-state index < -0.39 is 0 Å². The average molecular weight is 293 g/mol. The molecule has 0 aliphatic heterocycles. The molecule has 0 aliphatic carbocycles. The van der Waals surface area contributed by atoms with Crippen LogP contribution in [-0.2, 0) is 0 Å². The van der Waals surface area contributed by atoms with E-state index in [1.165, 1.54) is 0 Å². The summed E-state index contributed by atoms with van der Waals surface area (Å²) < 4.78 is 1.80. The van der Waals surface area contributed by atoms with Gasteiger partial charge in [-0.15, -0.1) is 10.2 Å². The van der Waals surface area contributed by atoms with Gasteiger partial charge in [-0.05, 0) is 37.6 Å². The molecule has 0 aliphatic rings. The van der Waals surface area contributed by atoms with Crippen LogP contribution in [0, 0.1) is 13.8 Å². The molecule has 0 unspecified atom stereocenters. The Hall–Kier alpha value is -3.02. The van der Waals surface area contributed by atoms with E-state index in [1.807, 2.05) is 38.1 Å². The average Bonchev–Trinajstić information content (AvgIpc) is 2.96. The molecular weight excluding hydrogens is 278 g/mol. The fourth-order valence-electron chi connectivity index (χ4n) is 2.09. The molecular formula is C16H15N5O. The summed E-state index contributed by atoms with van der Waals surface area (Å²) in [5.74, 6) is 1.16. The Morgan fingerprint density at radius 2 is 1.91 bits per heavy atom. The van der Waals surface area contributed by atoms with Crippen LogP contribution < -0.4 is 5.32 Å². The zero-order valence-corrected chi connectivity index (χ0v) is 12.3. The Morgan fingerprint density at radius 3 is 2.55 bits per heavy atom. The molecule has 0 saturated carbocycles. The minimum Gasteiger partial charge on any atom is -0.320 e. The Bertz CT molecular complexity index is 807. The molecule has 2 heterocycles. The van der Waals surface area contributed by atoms with Crippen molar-refractivity contribution < 1.29 is 4.79 Å². The van der Waals surface area contributed by atoms with Gasteiger partial charge in [0.2, 0.25) is 0 Å². The molecule has 1 N–H and O–H groups in total. The molecule has 6 heteroatoms. The van der Waals surface area contributed by atoms with Crippen molar-refractivity contribution in [2.75, 3.05) is 5.32 Å². The van der Waals surface area contributed by atoms with Crippen molar-refractivity contribution in [2.24, 2.45) is 0 Å². The van der Waals surface area contributed by atoms with Crippen LogP contribution in [0.4, 0.5) is 5.69 Å². The lowest BCUT2D eigenvalue weighted by Gasteiger charge is -2.08. The first-order valence-corrected chi connectivity index (χ1v) is 6.86. The molecule has 0 atom stereocenters. The van der Waals surface area contributed by atoms with Gasteiger partial charge in [0, 0.05) is 18.1 Å². The van der Waals surface area contributed by atoms with Crippen LogP contribution in [0.15, 0.2) is 48.8 Å². The van der Waals surface area contributed by atoms with Gasteiger partial charge in [0.1, 0.15) is 5.82 Å². The number of nitrogens with one attached hydrogen (secondary N) is 1. The number of hydrogen-bond donors (Lipinski definition) is 1. The van der Waals surface area contributed by atoms with Crippen LogP contribution in [-0.4, -0.2) is 25.7 Å². The van der Waals surface area contributed by atoms with Crippen LogP contribution in [0.2, 0.25) is 0 Å². The molecule has 2 aromatic heterocycles. The summed E-state index contributed by atoms with van der Waals surface area (Å²) in [6, 6.07) is 11.0. The fourth-order valence-corrected chi connectivity index (χ4v) is 2.09. The molecule has 0 radical (unpaired) electrons. The Balaban J connectivity index is 1.80. The van der Waals surface area contributed by atoms with E-state index in [0.717, 1.165) is 17.1 Å². The largest absolute Gasteiger partial charge is 0.320 e. The van der Waals surface area contributed by atoms with E-state index in [-0.39, 0.29) is 11.6 Å². The smallest absolute Gasteiger partial charge is 0.276 e. The molecule has 22 heavy (non-hydrogen) atoms. The van der Waals surface area contributed by atoms with Gasteiger partial charge >= 0.3 is 0 Å². The zero-order valence-electron chi connectivity index (χ0n) is 12.3. The van der Waals surface area contributed by atoms with Crippen molar-refractivity contribution >= 4 is 11.6 Å². The second-order valence-corrected chi connectivity index (χ2v) is 4.89. The molecule has 3 rings (SSSR count). The van der Waals surface area contributed by atoms with Gasteiger partial charge in [0.15, 0.2) is 11.5 Å². The number of anilines is 1. The number of carbonyl (C=O) groups excluding carboxylic acids is 1. The predicted octanol–water partition coefficient (Wildman–Crippen LogP) is 2.53. The van der Waals surface area contributed by atoms with Gasteiger partial charge in [-0.1, -0.05) is 18.2 Å². The number of carbonyl (C=O) groups is 1. The maximum atomic E-state index is 12.2. The minimum absolute atomic E-state index is 0.268. The molecule has 1 aromatic carbocycles. The van der Waals surface area contributed by atoms with Crippen molar-refractivity contribution in [3.63, 3.8) is 0 Å². The summed E-state index contributed by atoms with van der Waals surface area (Å²) in [6.07, 6.45) is 3.49. The third kappa shape index (κ3) is 2.71. The molecule has 0 spiro atoms. The number of aromatic nitrogens is 4. The van der Waals surface area contributed by atoms with E-state index in [0.29, 0.717) is 5.82 Å². The van der Waals surface area contributed by atoms with E-state index in [9.17, 15) is 4.79 Å². The van der Waals surface area contributed by atoms with Gasteiger partial charge in [0.25, 0.3) is 5.91 Å². The molecule has 0 bridgehead atoms. The molecule has 0 saturated heterocycles. The van der Waals surface area contributed by atoms with E-state index in [1.54, 1.807) is 29.1 Å². The van der Waals surface area contributed by atoms with Crippen molar-refractivity contribution in [1.29, 1.82) is 0 Å². The Kier molecular flexibility index (Phi) is 3.65. The summed E-state index contributed by atoms with van der Waals surface area (Å²) in [5, 5.41) is 10.9. The molecule has 6 nitrogen and oxygen atoms in total. The summed E-state index contributed by atoms with van der Waals surface area (Å²) in [5.41, 5.74) is 2.03. The van der Waals surface area contributed by atoms with E-state index >= 15 is 0 Å². The van der Waals surface area contributed by atoms with Crippen LogP contribution in [0.5, 0.6) is 0 Å². The third-order valence-electron chi connectivity index (χ3n) is 3.35. The third-order valence-corrected chi connectivity index (χ3v) is 3.35. The fraction of sp³-hybridized carbons (Fsp3) is 0.125. The second kappa shape index (κ2) is 5.77. The van der Waals surface area contributed by atoms with Crippen molar-refractivity contribution in [1.82, 2.24) is 19.7 Å². The summed E-state index contributed by atoms with van der Waals surface area (Å²) >= 11 is 0. The molecule has 1 amide bonds. The summed E-state index contributed by atoms with van der Waals surface area (Å²) in [4.78, 5) is 16.3. The lowest BCUT2D eigenvalue weighted by atomic mass is 10.2. The van der Waals surface area contributed by atoms with Crippen LogP contribution in [0.3, 0.4) is 0 Å². The normalized spacial score (nSPS) is 10.5. The first-order valence-electron chi connectivity index (χ1n) is 6.86. The van der Waals surface area contributed by atoms with Gasteiger partial charge in [-0.25, -0.2) is 4.98 Å². The second-order valence-electron chi connectivity index (χ2n) is 4.89. The van der Waals surface area contributed by atoms with Gasteiger partial charge in [-0.2, -0.15) is 0 Å². The minimum atomic E-state index is -0.282. The Morgan fingerprint density at radius 1 is 1.09 bits per heavy atom. The van der Waals surface area contributed by atoms with Gasteiger partial charge in [-0.3, -0.25) is 9.36 Å². The number of aryl methyl sites for hydroxylation is 2. The number of benzene rings is 1. The maximum Gasteiger partial charge on any atom is 0.276 e. The number of para-hydroxylation sites is 1. The lowest BCUT2D eigenvalue weighted by Crippen LogP contribution is -2.15. The maximum absolute atomic E-state index is 12.2. The predicted molar refractivity (Wildman–Crippen MR) is 83.0 cm³/mol. The van der Waals surface area contributed by atoms with E-state index in [2.05, 4.69) is 20.5 Å². The SMILES string of the molecule is Cc1ccccc1NC(=O)c1ccc(-n2ccnc2C)nn1. The standard InChI is InChI=1S/C16H15N5O/c1-11-5-3-4-6-13(11)18-16(22)14-7-8-15(20-19-14)21-10-9-17-12(21)2/h3-10H,1-2H3,(H,18,22). The number of nitrogens with zero attached hydrogens (tertiary/aromatic N) is 4. The topological polar surface area (TPSA) is 72.7 Å². The molecule has 3 aromatic rings. The first-order chi connectivity index (χ1) is 10.6. The van der Waals surface area contributed by atoms with E-state index in [4.69, 9.17) is 0 Å². The Labute approximate surface area is 127 Å². The highest BCUT2D eigenvalue weighted by Crippen LogP contribution is 2.14. The van der Waals surface area contributed by atoms with Crippen LogP contribution in [0.25, 0.3) is 5.82 Å². The number of rotatable bonds is 3. The number of amides is 1. The van der Waals surface area contributed by atoms with Crippen LogP contribution >= 0.6 is 0 Å². The van der Waals surface area contributed by atoms with Crippen molar-refractivity contribution in [3.8, 4) is 5.82 Å². The highest BCUT2D eigenvalue weighted by atomic mass is 16.1. The summed E-state index contributed by atoms with van der Waals surface area (Å²) in [7, 11) is 0.